The van der Waals surface area contributed by atoms with E-state index >= 15 is 0 Å². The molecule has 0 aliphatic rings. The van der Waals surface area contributed by atoms with Gasteiger partial charge in [-0.1, -0.05) is 0 Å². The van der Waals surface area contributed by atoms with Crippen molar-refractivity contribution in [3.05, 3.63) is 0 Å². The Kier molecular flexibility index (Phi) is 36.0. The molecule has 4 N–H and O–H groups in total. The molecule has 0 radical (unpaired) electrons. The van der Waals surface area contributed by atoms with Gasteiger partial charge in [0.05, 0.1) is 0 Å². The maximum atomic E-state index is 8.56. The Morgan fingerprint density at radius 2 is 1.14 bits per heavy atom. The van der Waals surface area contributed by atoms with Crippen molar-refractivity contribution in [3.8, 4) is 0 Å². The second-order valence-electron chi connectivity index (χ2n) is 0.283. The molecule has 0 spiro atoms. The Morgan fingerprint density at radius 3 is 1.14 bits per heavy atom. The summed E-state index contributed by atoms with van der Waals surface area (Å²) in [6.07, 6.45) is -1.83. The van der Waals surface area contributed by atoms with Crippen molar-refractivity contribution in [2.75, 3.05) is 0 Å². The molecule has 48 valence electrons. The summed E-state index contributed by atoms with van der Waals surface area (Å²) in [6.45, 7) is 0. The maximum absolute atomic E-state index is 8.56. The first-order valence-electron chi connectivity index (χ1n) is 0.851. The van der Waals surface area contributed by atoms with Crippen molar-refractivity contribution in [1.29, 1.82) is 0 Å². The fourth-order valence-corrected chi connectivity index (χ4v) is 0. The Hall–Kier alpha value is 0.463. The van der Waals surface area contributed by atoms with Gasteiger partial charge in [-0.05, 0) is 0 Å². The van der Waals surface area contributed by atoms with E-state index in [2.05, 4.69) is 0 Å². The van der Waals surface area contributed by atoms with Crippen LogP contribution in [0.5, 0.6) is 0 Å². The van der Waals surface area contributed by atoms with Crippen molar-refractivity contribution >= 4 is 6.16 Å². The molecular weight excluding hydrogens is 255 g/mol. The molecule has 0 atom stereocenters. The van der Waals surface area contributed by atoms with E-state index in [0.29, 0.717) is 0 Å². The van der Waals surface area contributed by atoms with E-state index in [4.69, 9.17) is 25.5 Å². The Morgan fingerprint density at radius 1 is 1.14 bits per heavy atom. The summed E-state index contributed by atoms with van der Waals surface area (Å²) < 4.78 is 0. The van der Waals surface area contributed by atoms with E-state index in [1.807, 2.05) is 0 Å². The molecule has 5 nitrogen and oxygen atoms in total. The number of hydrogen-bond acceptors (Lipinski definition) is 3. The van der Waals surface area contributed by atoms with Crippen LogP contribution in [0.4, 0.5) is 4.79 Å². The first-order valence-corrected chi connectivity index (χ1v) is 0.851. The van der Waals surface area contributed by atoms with Crippen LogP contribution in [-0.4, -0.2) is 26.9 Å². The van der Waals surface area contributed by atoms with E-state index in [-0.39, 0.29) is 38.2 Å². The quantitative estimate of drug-likeness (QED) is 0.369. The largest absolute Gasteiger partial charge is 0.503 e. The van der Waals surface area contributed by atoms with Crippen molar-refractivity contribution < 1.29 is 63.7 Å². The molecule has 0 bridgehead atoms. The van der Waals surface area contributed by atoms with Crippen LogP contribution < -0.4 is 0 Å². The topological polar surface area (TPSA) is 98.0 Å². The standard InChI is InChI=1S/CH2O3.Dy.H2O2/c2-1(3)4;;1-2/h(H2,2,3,4);;1-2H. The van der Waals surface area contributed by atoms with Crippen LogP contribution in [0.25, 0.3) is 0 Å². The molecule has 7 heavy (non-hydrogen) atoms. The van der Waals surface area contributed by atoms with Gasteiger partial charge in [-0.25, -0.2) is 4.79 Å². The third-order valence-electron chi connectivity index (χ3n) is 0. The molecule has 0 rings (SSSR count). The number of rotatable bonds is 0. The van der Waals surface area contributed by atoms with Gasteiger partial charge in [0.15, 0.2) is 0 Å². The molecule has 0 saturated heterocycles. The van der Waals surface area contributed by atoms with E-state index in [1.165, 1.54) is 0 Å². The van der Waals surface area contributed by atoms with Gasteiger partial charge in [-0.15, -0.1) is 0 Å². The van der Waals surface area contributed by atoms with Gasteiger partial charge in [0, 0.05) is 38.2 Å². The zero-order chi connectivity index (χ0) is 5.58. The summed E-state index contributed by atoms with van der Waals surface area (Å²) in [5.41, 5.74) is 0. The van der Waals surface area contributed by atoms with E-state index in [0.717, 1.165) is 0 Å². The third kappa shape index (κ3) is 601. The van der Waals surface area contributed by atoms with Gasteiger partial charge in [0.1, 0.15) is 0 Å². The molecule has 0 aromatic carbocycles. The maximum Gasteiger partial charge on any atom is 0.503 e. The van der Waals surface area contributed by atoms with E-state index < -0.39 is 6.16 Å². The number of carboxylic acid groups (broad SMARTS) is 2. The summed E-state index contributed by atoms with van der Waals surface area (Å²) >= 11 is 0. The molecule has 0 aliphatic carbocycles. The first kappa shape index (κ1) is 15.7. The van der Waals surface area contributed by atoms with Crippen LogP contribution in [0, 0.1) is 38.2 Å². The summed E-state index contributed by atoms with van der Waals surface area (Å²) in [4.78, 5) is 8.56. The minimum Gasteiger partial charge on any atom is -0.450 e. The Bertz CT molecular complexity index is 31.1. The Labute approximate surface area is 69.5 Å². The van der Waals surface area contributed by atoms with Gasteiger partial charge in [0.25, 0.3) is 0 Å². The third-order valence-corrected chi connectivity index (χ3v) is 0. The normalized spacial score (nSPS) is 4.29. The van der Waals surface area contributed by atoms with Gasteiger partial charge >= 0.3 is 6.16 Å². The van der Waals surface area contributed by atoms with Gasteiger partial charge in [0.2, 0.25) is 0 Å². The van der Waals surface area contributed by atoms with Gasteiger partial charge < -0.3 is 10.2 Å². The fourth-order valence-electron chi connectivity index (χ4n) is 0. The van der Waals surface area contributed by atoms with Crippen LogP contribution in [0.3, 0.4) is 0 Å². The fraction of sp³-hybridized carbons (Fsp3) is 0. The molecule has 6 heteroatoms. The van der Waals surface area contributed by atoms with Gasteiger partial charge in [-0.3, -0.25) is 10.5 Å². The average Bonchev–Trinajstić information content (AvgIpc) is 1.41. The average molecular weight is 259 g/mol. The van der Waals surface area contributed by atoms with Crippen LogP contribution >= 0.6 is 0 Å². The van der Waals surface area contributed by atoms with Crippen molar-refractivity contribution in [3.63, 3.8) is 0 Å². The van der Waals surface area contributed by atoms with Crippen LogP contribution in [-0.2, 0) is 0 Å². The van der Waals surface area contributed by atoms with Crippen molar-refractivity contribution in [2.24, 2.45) is 0 Å². The Balaban J connectivity index is -0.0000000480. The summed E-state index contributed by atoms with van der Waals surface area (Å²) in [6, 6.07) is 0. The molecule has 0 aliphatic heterocycles. The predicted molar refractivity (Wildman–Crippen MR) is 15.9 cm³/mol. The monoisotopic (exact) mass is 260 g/mol. The van der Waals surface area contributed by atoms with E-state index in [1.54, 1.807) is 0 Å². The van der Waals surface area contributed by atoms with Crippen molar-refractivity contribution in [1.82, 2.24) is 0 Å². The predicted octanol–water partition coefficient (Wildman–Crippen LogP) is 0.240. The minimum absolute atomic E-state index is 0. The van der Waals surface area contributed by atoms with Crippen LogP contribution in [0.1, 0.15) is 0 Å². The first-order chi connectivity index (χ1) is 2.73. The molecule has 0 saturated carbocycles. The number of carbonyl (C=O) groups is 1. The van der Waals surface area contributed by atoms with Crippen LogP contribution in [0.2, 0.25) is 0 Å². The molecule has 0 amide bonds. The SMILES string of the molecule is O=C(O)O.OO.[Dy]. The second kappa shape index (κ2) is 16.1. The summed E-state index contributed by atoms with van der Waals surface area (Å²) in [5.74, 6) is 0. The smallest absolute Gasteiger partial charge is 0.450 e. The zero-order valence-corrected chi connectivity index (χ0v) is 5.04. The second-order valence-corrected chi connectivity index (χ2v) is 0.283. The molecule has 0 heterocycles. The minimum atomic E-state index is -1.83. The van der Waals surface area contributed by atoms with E-state index in [9.17, 15) is 0 Å². The number of hydrogen-bond donors (Lipinski definition) is 4. The van der Waals surface area contributed by atoms with Crippen molar-refractivity contribution in [2.45, 2.75) is 0 Å². The molecule has 0 aromatic rings. The van der Waals surface area contributed by atoms with Crippen LogP contribution in [0.15, 0.2) is 0 Å². The summed E-state index contributed by atoms with van der Waals surface area (Å²) in [7, 11) is 0. The summed E-state index contributed by atoms with van der Waals surface area (Å²) in [5, 5.41) is 25.9. The molecule has 0 unspecified atom stereocenters. The molecule has 0 fully saturated rings. The zero-order valence-electron chi connectivity index (χ0n) is 3.01. The van der Waals surface area contributed by atoms with Gasteiger partial charge in [-0.2, -0.15) is 0 Å². The molecular formula is CH4DyO5. The molecule has 0 aromatic heterocycles.